The first-order valence-electron chi connectivity index (χ1n) is 6.47. The number of amides is 1. The minimum absolute atomic E-state index is 0.0737. The molecule has 0 bridgehead atoms. The Morgan fingerprint density at radius 3 is 2.45 bits per heavy atom. The lowest BCUT2D eigenvalue weighted by Crippen LogP contribution is -2.30. The molecule has 1 N–H and O–H groups in total. The molecule has 1 atom stereocenters. The Morgan fingerprint density at radius 2 is 1.95 bits per heavy atom. The van der Waals surface area contributed by atoms with Crippen molar-refractivity contribution < 1.29 is 4.79 Å². The number of alkyl halides is 2. The quantitative estimate of drug-likeness (QED) is 0.463. The highest BCUT2D eigenvalue weighted by molar-refractivity contribution is 9.25. The van der Waals surface area contributed by atoms with Gasteiger partial charge in [0.15, 0.2) is 0 Å². The van der Waals surface area contributed by atoms with Gasteiger partial charge in [-0.1, -0.05) is 55.6 Å². The van der Waals surface area contributed by atoms with Crippen molar-refractivity contribution >= 4 is 43.5 Å². The van der Waals surface area contributed by atoms with Gasteiger partial charge in [0.05, 0.1) is 14.4 Å². The van der Waals surface area contributed by atoms with Crippen LogP contribution in [0.3, 0.4) is 0 Å². The molecule has 0 aromatic heterocycles. The van der Waals surface area contributed by atoms with E-state index < -0.39 is 5.41 Å². The summed E-state index contributed by atoms with van der Waals surface area (Å²) in [5.41, 5.74) is 6.48. The van der Waals surface area contributed by atoms with E-state index in [0.29, 0.717) is 0 Å². The summed E-state index contributed by atoms with van der Waals surface area (Å²) in [7, 11) is 0. The second-order valence-electron chi connectivity index (χ2n) is 5.67. The summed E-state index contributed by atoms with van der Waals surface area (Å²) in [6, 6.07) is 6.20. The number of nitrogens with zero attached hydrogens (tertiary/aromatic N) is 1. The summed E-state index contributed by atoms with van der Waals surface area (Å²) in [6.45, 7) is 7.93. The van der Waals surface area contributed by atoms with Crippen LogP contribution in [0.1, 0.15) is 37.0 Å². The molecule has 3 nitrogen and oxygen atoms in total. The van der Waals surface area contributed by atoms with Gasteiger partial charge in [-0.3, -0.25) is 4.79 Å². The number of aryl methyl sites for hydroxylation is 2. The molecule has 5 heteroatoms. The van der Waals surface area contributed by atoms with Gasteiger partial charge in [-0.2, -0.15) is 5.10 Å². The summed E-state index contributed by atoms with van der Waals surface area (Å²) < 4.78 is -0.291. The number of benzene rings is 1. The Labute approximate surface area is 136 Å². The van der Waals surface area contributed by atoms with Crippen molar-refractivity contribution in [2.24, 2.45) is 10.5 Å². The maximum atomic E-state index is 12.1. The summed E-state index contributed by atoms with van der Waals surface area (Å²) in [5, 5.41) is 4.23. The molecule has 1 aliphatic rings. The molecule has 2 rings (SSSR count). The van der Waals surface area contributed by atoms with Crippen LogP contribution in [0, 0.1) is 19.3 Å². The Hall–Kier alpha value is -0.680. The zero-order valence-corrected chi connectivity index (χ0v) is 15.2. The molecule has 1 aromatic carbocycles. The monoisotopic (exact) mass is 400 g/mol. The van der Waals surface area contributed by atoms with Crippen LogP contribution in [0.5, 0.6) is 0 Å². The summed E-state index contributed by atoms with van der Waals surface area (Å²) in [5.74, 6) is -0.0737. The molecule has 0 spiro atoms. The topological polar surface area (TPSA) is 41.5 Å². The molecular weight excluding hydrogens is 384 g/mol. The second kappa shape index (κ2) is 5.26. The first-order chi connectivity index (χ1) is 9.17. The van der Waals surface area contributed by atoms with Gasteiger partial charge in [-0.15, -0.1) is 0 Å². The van der Waals surface area contributed by atoms with Crippen LogP contribution in [0.2, 0.25) is 0 Å². The van der Waals surface area contributed by atoms with Gasteiger partial charge in [-0.05, 0) is 39.7 Å². The fraction of sp³-hybridized carbons (Fsp3) is 0.467. The van der Waals surface area contributed by atoms with Gasteiger partial charge in [0.25, 0.3) is 0 Å². The molecule has 0 saturated heterocycles. The molecule has 1 amide bonds. The zero-order chi connectivity index (χ0) is 15.1. The molecule has 20 heavy (non-hydrogen) atoms. The lowest BCUT2D eigenvalue weighted by atomic mass is 10.0. The smallest absolute Gasteiger partial charge is 0.248 e. The van der Waals surface area contributed by atoms with Crippen molar-refractivity contribution in [3.05, 3.63) is 34.9 Å². The van der Waals surface area contributed by atoms with E-state index in [0.717, 1.165) is 23.3 Å². The fourth-order valence-electron chi connectivity index (χ4n) is 2.18. The Bertz CT molecular complexity index is 596. The maximum Gasteiger partial charge on any atom is 0.248 e. The van der Waals surface area contributed by atoms with E-state index in [9.17, 15) is 4.79 Å². The first kappa shape index (κ1) is 15.7. The number of hydrazone groups is 1. The predicted octanol–water partition coefficient (Wildman–Crippen LogP) is 4.04. The van der Waals surface area contributed by atoms with Crippen LogP contribution < -0.4 is 5.43 Å². The van der Waals surface area contributed by atoms with Crippen molar-refractivity contribution in [3.63, 3.8) is 0 Å². The Balaban J connectivity index is 2.10. The number of hydrogen-bond acceptors (Lipinski definition) is 2. The number of hydrogen-bond donors (Lipinski definition) is 1. The maximum absolute atomic E-state index is 12.1. The van der Waals surface area contributed by atoms with E-state index in [1.54, 1.807) is 0 Å². The highest BCUT2D eigenvalue weighted by atomic mass is 79.9. The average molecular weight is 402 g/mol. The van der Waals surface area contributed by atoms with Crippen LogP contribution in [-0.2, 0) is 4.79 Å². The standard InChI is InChI=1S/C15H18Br2N2O/c1-9-5-6-12(10(2)7-9)11(3)18-19-13(20)14(4)8-15(14,16)17/h5-7H,8H2,1-4H3,(H,19,20)/b18-11-/t14-/m1/s1. The molecule has 0 aliphatic heterocycles. The van der Waals surface area contributed by atoms with Crippen molar-refractivity contribution in [2.75, 3.05) is 0 Å². The molecule has 1 aromatic rings. The molecule has 108 valence electrons. The third kappa shape index (κ3) is 2.84. The van der Waals surface area contributed by atoms with Gasteiger partial charge < -0.3 is 0 Å². The van der Waals surface area contributed by atoms with Crippen molar-refractivity contribution in [1.29, 1.82) is 0 Å². The number of rotatable bonds is 3. The molecule has 1 saturated carbocycles. The third-order valence-electron chi connectivity index (χ3n) is 3.86. The van der Waals surface area contributed by atoms with E-state index >= 15 is 0 Å². The SMILES string of the molecule is C/C(=N/NC(=O)[C@@]1(C)CC1(Br)Br)c1ccc(C)cc1C. The Morgan fingerprint density at radius 1 is 1.35 bits per heavy atom. The van der Waals surface area contributed by atoms with Crippen molar-refractivity contribution in [2.45, 2.75) is 37.3 Å². The van der Waals surface area contributed by atoms with Crippen molar-refractivity contribution in [1.82, 2.24) is 5.43 Å². The molecule has 0 unspecified atom stereocenters. The average Bonchev–Trinajstić information content (AvgIpc) is 2.86. The first-order valence-corrected chi connectivity index (χ1v) is 8.06. The van der Waals surface area contributed by atoms with Gasteiger partial charge >= 0.3 is 0 Å². The minimum atomic E-state index is -0.445. The molecule has 1 aliphatic carbocycles. The summed E-state index contributed by atoms with van der Waals surface area (Å²) in [4.78, 5) is 12.1. The second-order valence-corrected chi connectivity index (χ2v) is 9.44. The predicted molar refractivity (Wildman–Crippen MR) is 89.6 cm³/mol. The van der Waals surface area contributed by atoms with Crippen LogP contribution in [0.15, 0.2) is 23.3 Å². The molecule has 0 heterocycles. The zero-order valence-electron chi connectivity index (χ0n) is 12.1. The lowest BCUT2D eigenvalue weighted by molar-refractivity contribution is -0.125. The third-order valence-corrected chi connectivity index (χ3v) is 6.17. The number of carbonyl (C=O) groups is 1. The highest BCUT2D eigenvalue weighted by Crippen LogP contribution is 2.66. The molecular formula is C15H18Br2N2O. The van der Waals surface area contributed by atoms with Gasteiger partial charge in [0, 0.05) is 5.56 Å². The van der Waals surface area contributed by atoms with E-state index in [-0.39, 0.29) is 9.14 Å². The normalized spacial score (nSPS) is 24.4. The molecule has 1 fully saturated rings. The minimum Gasteiger partial charge on any atom is -0.272 e. The van der Waals surface area contributed by atoms with Crippen LogP contribution in [0.4, 0.5) is 0 Å². The highest BCUT2D eigenvalue weighted by Gasteiger charge is 2.66. The van der Waals surface area contributed by atoms with Gasteiger partial charge in [0.2, 0.25) is 5.91 Å². The number of halogens is 2. The summed E-state index contributed by atoms with van der Waals surface area (Å²) in [6.07, 6.45) is 0.754. The van der Waals surface area contributed by atoms with Gasteiger partial charge in [0.1, 0.15) is 0 Å². The van der Waals surface area contributed by atoms with Crippen molar-refractivity contribution in [3.8, 4) is 0 Å². The fourth-order valence-corrected chi connectivity index (χ4v) is 3.67. The number of carbonyl (C=O) groups excluding carboxylic acids is 1. The van der Waals surface area contributed by atoms with E-state index in [1.165, 1.54) is 5.56 Å². The van der Waals surface area contributed by atoms with Crippen LogP contribution in [0.25, 0.3) is 0 Å². The van der Waals surface area contributed by atoms with E-state index in [1.807, 2.05) is 32.9 Å². The van der Waals surface area contributed by atoms with Gasteiger partial charge in [-0.25, -0.2) is 5.43 Å². The van der Waals surface area contributed by atoms with E-state index in [2.05, 4.69) is 55.4 Å². The van der Waals surface area contributed by atoms with Crippen LogP contribution >= 0.6 is 31.9 Å². The summed E-state index contributed by atoms with van der Waals surface area (Å²) >= 11 is 6.98. The van der Waals surface area contributed by atoms with E-state index in [4.69, 9.17) is 0 Å². The number of nitrogens with one attached hydrogen (secondary N) is 1. The lowest BCUT2D eigenvalue weighted by Gasteiger charge is -2.11. The Kier molecular flexibility index (Phi) is 4.13. The van der Waals surface area contributed by atoms with Crippen LogP contribution in [-0.4, -0.2) is 14.9 Å². The largest absolute Gasteiger partial charge is 0.272 e. The molecule has 0 radical (unpaired) electrons.